The Morgan fingerprint density at radius 3 is 2.67 bits per heavy atom. The van der Waals surface area contributed by atoms with E-state index in [1.54, 1.807) is 6.92 Å². The molecular weight excluding hydrogens is 282 g/mol. The molecule has 0 aromatic heterocycles. The van der Waals surface area contributed by atoms with Crippen LogP contribution in [-0.4, -0.2) is 25.2 Å². The summed E-state index contributed by atoms with van der Waals surface area (Å²) in [7, 11) is 0. The Morgan fingerprint density at radius 2 is 2.14 bits per heavy atom. The maximum atomic E-state index is 12.3. The smallest absolute Gasteiger partial charge is 0.387 e. The first-order valence-electron chi connectivity index (χ1n) is 6.78. The first kappa shape index (κ1) is 15.5. The third-order valence-corrected chi connectivity index (χ3v) is 3.08. The lowest BCUT2D eigenvalue weighted by Crippen LogP contribution is -2.34. The van der Waals surface area contributed by atoms with Gasteiger partial charge in [-0.2, -0.15) is 8.78 Å². The van der Waals surface area contributed by atoms with Crippen molar-refractivity contribution in [3.63, 3.8) is 0 Å². The van der Waals surface area contributed by atoms with Crippen molar-refractivity contribution in [2.24, 2.45) is 5.73 Å². The molecule has 116 valence electrons. The quantitative estimate of drug-likeness (QED) is 0.770. The topological polar surface area (TPSA) is 73.6 Å². The Hall–Kier alpha value is -1.89. The summed E-state index contributed by atoms with van der Waals surface area (Å²) in [6, 6.07) is 4.00. The summed E-state index contributed by atoms with van der Waals surface area (Å²) in [6.07, 6.45) is 1.99. The van der Waals surface area contributed by atoms with E-state index in [-0.39, 0.29) is 17.5 Å². The van der Waals surface area contributed by atoms with Crippen LogP contribution in [0.4, 0.5) is 8.78 Å². The average molecular weight is 300 g/mol. The molecule has 0 aliphatic heterocycles. The number of rotatable bonds is 8. The number of hydrogen-bond donors (Lipinski definition) is 2. The molecule has 0 heterocycles. The number of carbonyl (C=O) groups excluding carboxylic acids is 1. The summed E-state index contributed by atoms with van der Waals surface area (Å²) < 4.78 is 34.4. The molecule has 1 unspecified atom stereocenters. The number of benzene rings is 1. The van der Waals surface area contributed by atoms with Crippen LogP contribution in [0.1, 0.15) is 31.4 Å². The van der Waals surface area contributed by atoms with E-state index in [2.05, 4.69) is 10.1 Å². The highest BCUT2D eigenvalue weighted by Crippen LogP contribution is 2.33. The first-order chi connectivity index (χ1) is 10.0. The van der Waals surface area contributed by atoms with Gasteiger partial charge in [-0.05, 0) is 37.5 Å². The van der Waals surface area contributed by atoms with Crippen molar-refractivity contribution in [3.05, 3.63) is 23.8 Å². The Labute approximate surface area is 121 Å². The predicted molar refractivity (Wildman–Crippen MR) is 72.3 cm³/mol. The van der Waals surface area contributed by atoms with Crippen molar-refractivity contribution in [2.45, 2.75) is 38.5 Å². The number of nitrogens with two attached hydrogens (primary N) is 1. The van der Waals surface area contributed by atoms with Gasteiger partial charge in [-0.3, -0.25) is 10.1 Å². The zero-order valence-electron chi connectivity index (χ0n) is 11.6. The van der Waals surface area contributed by atoms with Crippen LogP contribution in [0.5, 0.6) is 11.5 Å². The van der Waals surface area contributed by atoms with Gasteiger partial charge < -0.3 is 15.2 Å². The van der Waals surface area contributed by atoms with Crippen molar-refractivity contribution < 1.29 is 23.0 Å². The zero-order valence-corrected chi connectivity index (χ0v) is 11.6. The normalized spacial score (nSPS) is 15.8. The highest BCUT2D eigenvalue weighted by Gasteiger charge is 2.29. The summed E-state index contributed by atoms with van der Waals surface area (Å²) in [5.41, 5.74) is 5.96. The molecule has 21 heavy (non-hydrogen) atoms. The lowest BCUT2D eigenvalue weighted by atomic mass is 10.1. The highest BCUT2D eigenvalue weighted by molar-refractivity contribution is 5.81. The molecule has 2 rings (SSSR count). The van der Waals surface area contributed by atoms with Gasteiger partial charge in [-0.1, -0.05) is 6.07 Å². The second-order valence-electron chi connectivity index (χ2n) is 4.79. The van der Waals surface area contributed by atoms with Crippen molar-refractivity contribution >= 4 is 5.91 Å². The lowest BCUT2D eigenvalue weighted by Gasteiger charge is -2.18. The first-order valence-corrected chi connectivity index (χ1v) is 6.78. The highest BCUT2D eigenvalue weighted by atomic mass is 19.3. The molecule has 0 saturated heterocycles. The number of halogens is 2. The zero-order chi connectivity index (χ0) is 15.4. The number of primary amides is 1. The van der Waals surface area contributed by atoms with E-state index in [9.17, 15) is 13.6 Å². The molecule has 1 amide bonds. The molecule has 3 N–H and O–H groups in total. The molecule has 1 aliphatic rings. The van der Waals surface area contributed by atoms with Crippen LogP contribution >= 0.6 is 0 Å². The van der Waals surface area contributed by atoms with Gasteiger partial charge in [0, 0.05) is 6.04 Å². The van der Waals surface area contributed by atoms with Gasteiger partial charge in [0.2, 0.25) is 5.91 Å². The summed E-state index contributed by atoms with van der Waals surface area (Å²) >= 11 is 0. The lowest BCUT2D eigenvalue weighted by molar-refractivity contribution is -0.120. The molecule has 5 nitrogen and oxygen atoms in total. The minimum atomic E-state index is -2.94. The van der Waals surface area contributed by atoms with Crippen LogP contribution in [0.2, 0.25) is 0 Å². The van der Waals surface area contributed by atoms with E-state index in [1.807, 2.05) is 0 Å². The van der Waals surface area contributed by atoms with Gasteiger partial charge in [0.15, 0.2) is 11.5 Å². The van der Waals surface area contributed by atoms with Crippen LogP contribution in [0, 0.1) is 0 Å². The van der Waals surface area contributed by atoms with Gasteiger partial charge in [0.1, 0.15) is 6.04 Å². The maximum Gasteiger partial charge on any atom is 0.387 e. The van der Waals surface area contributed by atoms with Crippen LogP contribution in [0.3, 0.4) is 0 Å². The number of alkyl halides is 2. The van der Waals surface area contributed by atoms with E-state index >= 15 is 0 Å². The molecular formula is C14H18F2N2O3. The van der Waals surface area contributed by atoms with Gasteiger partial charge in [0.25, 0.3) is 0 Å². The van der Waals surface area contributed by atoms with E-state index < -0.39 is 18.6 Å². The summed E-state index contributed by atoms with van der Waals surface area (Å²) in [4.78, 5) is 11.6. The number of hydrogen-bond acceptors (Lipinski definition) is 4. The minimum Gasteiger partial charge on any atom is -0.490 e. The van der Waals surface area contributed by atoms with Crippen molar-refractivity contribution in [1.82, 2.24) is 5.32 Å². The molecule has 1 fully saturated rings. The molecule has 1 atom stereocenters. The van der Waals surface area contributed by atoms with Crippen LogP contribution < -0.4 is 20.5 Å². The van der Waals surface area contributed by atoms with Crippen LogP contribution in [0.25, 0.3) is 0 Å². The van der Waals surface area contributed by atoms with Gasteiger partial charge >= 0.3 is 6.61 Å². The summed E-state index contributed by atoms with van der Waals surface area (Å²) in [5.74, 6) is -0.420. The van der Waals surface area contributed by atoms with Crippen LogP contribution in [0.15, 0.2) is 18.2 Å². The Bertz CT molecular complexity index is 507. The largest absolute Gasteiger partial charge is 0.490 e. The fraction of sp³-hybridized carbons (Fsp3) is 0.500. The molecule has 1 aliphatic carbocycles. The number of nitrogens with one attached hydrogen (secondary N) is 1. The van der Waals surface area contributed by atoms with E-state index in [0.29, 0.717) is 12.2 Å². The molecule has 1 aromatic rings. The van der Waals surface area contributed by atoms with Crippen LogP contribution in [-0.2, 0) is 4.79 Å². The third kappa shape index (κ3) is 4.29. The van der Waals surface area contributed by atoms with Gasteiger partial charge in [0.05, 0.1) is 6.61 Å². The minimum absolute atomic E-state index is 0.0646. The SMILES string of the molecule is CCOc1cc(C(NC2CC2)C(N)=O)ccc1OC(F)F. The Morgan fingerprint density at radius 1 is 1.43 bits per heavy atom. The van der Waals surface area contributed by atoms with Crippen molar-refractivity contribution in [3.8, 4) is 11.5 Å². The molecule has 1 saturated carbocycles. The molecule has 1 aromatic carbocycles. The predicted octanol–water partition coefficient (Wildman–Crippen LogP) is 1.97. The molecule has 7 heteroatoms. The van der Waals surface area contributed by atoms with Gasteiger partial charge in [-0.15, -0.1) is 0 Å². The Kier molecular flexibility index (Phi) is 4.95. The molecule has 0 radical (unpaired) electrons. The molecule has 0 spiro atoms. The van der Waals surface area contributed by atoms with Crippen molar-refractivity contribution in [1.29, 1.82) is 0 Å². The van der Waals surface area contributed by atoms with Crippen molar-refractivity contribution in [2.75, 3.05) is 6.61 Å². The fourth-order valence-corrected chi connectivity index (χ4v) is 1.99. The average Bonchev–Trinajstić information content (AvgIpc) is 3.21. The monoisotopic (exact) mass is 300 g/mol. The van der Waals surface area contributed by atoms with Gasteiger partial charge in [-0.25, -0.2) is 0 Å². The van der Waals surface area contributed by atoms with E-state index in [4.69, 9.17) is 10.5 Å². The van der Waals surface area contributed by atoms with E-state index in [1.165, 1.54) is 18.2 Å². The number of amides is 1. The standard InChI is InChI=1S/C14H18F2N2O3/c1-2-20-11-7-8(3-6-10(11)21-14(15)16)12(13(17)19)18-9-4-5-9/h3,6-7,9,12,14,18H,2,4-5H2,1H3,(H2,17,19). The molecule has 0 bridgehead atoms. The number of ether oxygens (including phenoxy) is 2. The maximum absolute atomic E-state index is 12.3. The summed E-state index contributed by atoms with van der Waals surface area (Å²) in [5, 5.41) is 3.12. The third-order valence-electron chi connectivity index (χ3n) is 3.08. The van der Waals surface area contributed by atoms with E-state index in [0.717, 1.165) is 12.8 Å². The fourth-order valence-electron chi connectivity index (χ4n) is 1.99. The summed E-state index contributed by atoms with van der Waals surface area (Å²) in [6.45, 7) is -0.917. The number of carbonyl (C=O) groups is 1. The second-order valence-corrected chi connectivity index (χ2v) is 4.79. The second kappa shape index (κ2) is 6.71. The Balaban J connectivity index is 2.25.